The van der Waals surface area contributed by atoms with E-state index in [-0.39, 0.29) is 24.5 Å². The number of thiazole rings is 1. The quantitative estimate of drug-likeness (QED) is 0.464. The van der Waals surface area contributed by atoms with E-state index in [4.69, 9.17) is 4.42 Å². The molecule has 2 N–H and O–H groups in total. The summed E-state index contributed by atoms with van der Waals surface area (Å²) in [5.41, 5.74) is 3.28. The van der Waals surface area contributed by atoms with Gasteiger partial charge in [0.2, 0.25) is 17.7 Å². The summed E-state index contributed by atoms with van der Waals surface area (Å²) in [6, 6.07) is 16.6. The summed E-state index contributed by atoms with van der Waals surface area (Å²) >= 11 is 1.61. The predicted molar refractivity (Wildman–Crippen MR) is 122 cm³/mol. The number of rotatable bonds is 6. The fraction of sp³-hybridized carbons (Fsp3) is 0.333. The van der Waals surface area contributed by atoms with Crippen molar-refractivity contribution in [3.8, 4) is 11.1 Å². The minimum Gasteiger partial charge on any atom is -0.424 e. The first-order valence-corrected chi connectivity index (χ1v) is 11.7. The van der Waals surface area contributed by atoms with Crippen molar-refractivity contribution in [3.05, 3.63) is 65.3 Å². The second-order valence-electron chi connectivity index (χ2n) is 8.17. The third-order valence-electron chi connectivity index (χ3n) is 5.72. The molecule has 5 rings (SSSR count). The Kier molecular flexibility index (Phi) is 5.96. The van der Waals surface area contributed by atoms with Gasteiger partial charge in [-0.1, -0.05) is 36.4 Å². The average molecular weight is 449 g/mol. The molecule has 0 saturated heterocycles. The van der Waals surface area contributed by atoms with E-state index in [0.717, 1.165) is 46.5 Å². The minimum atomic E-state index is -0.242. The summed E-state index contributed by atoms with van der Waals surface area (Å²) in [6.07, 6.45) is 3.31. The SMILES string of the molecule is O=C(Cc1nnc(Cc2nc3ccc(-c4ccccc4)cc3s2)o1)NC1CCC(O)CC1. The molecule has 0 radical (unpaired) electrons. The highest BCUT2D eigenvalue weighted by Crippen LogP contribution is 2.29. The van der Waals surface area contributed by atoms with Gasteiger partial charge in [-0.25, -0.2) is 4.98 Å². The molecule has 7 nitrogen and oxygen atoms in total. The number of aliphatic hydroxyl groups is 1. The van der Waals surface area contributed by atoms with Crippen LogP contribution in [0.25, 0.3) is 21.3 Å². The van der Waals surface area contributed by atoms with Crippen LogP contribution in [0.5, 0.6) is 0 Å². The topological polar surface area (TPSA) is 101 Å². The lowest BCUT2D eigenvalue weighted by atomic mass is 9.93. The van der Waals surface area contributed by atoms with Crippen LogP contribution in [-0.2, 0) is 17.6 Å². The van der Waals surface area contributed by atoms with Gasteiger partial charge in [0.25, 0.3) is 0 Å². The third-order valence-corrected chi connectivity index (χ3v) is 6.74. The van der Waals surface area contributed by atoms with Crippen molar-refractivity contribution in [2.45, 2.75) is 50.7 Å². The van der Waals surface area contributed by atoms with E-state index in [2.05, 4.69) is 44.8 Å². The van der Waals surface area contributed by atoms with Gasteiger partial charge >= 0.3 is 0 Å². The number of aliphatic hydroxyl groups excluding tert-OH is 1. The van der Waals surface area contributed by atoms with Gasteiger partial charge in [0, 0.05) is 6.04 Å². The van der Waals surface area contributed by atoms with Gasteiger partial charge in [0.15, 0.2) is 0 Å². The summed E-state index contributed by atoms with van der Waals surface area (Å²) in [7, 11) is 0. The standard InChI is InChI=1S/C24H24N4O3S/c29-18-9-7-17(8-10-18)25-21(30)13-22-27-28-23(31-22)14-24-26-19-11-6-16(12-20(19)32-24)15-4-2-1-3-5-15/h1-6,11-12,17-18,29H,7-10,13-14H2,(H,25,30). The smallest absolute Gasteiger partial charge is 0.229 e. The number of hydrogen-bond donors (Lipinski definition) is 2. The number of fused-ring (bicyclic) bond motifs is 1. The molecule has 1 saturated carbocycles. The molecule has 2 heterocycles. The molecule has 1 aliphatic carbocycles. The number of benzene rings is 2. The van der Waals surface area contributed by atoms with Gasteiger partial charge in [-0.2, -0.15) is 0 Å². The van der Waals surface area contributed by atoms with Crippen molar-refractivity contribution in [1.82, 2.24) is 20.5 Å². The van der Waals surface area contributed by atoms with Crippen molar-refractivity contribution in [1.29, 1.82) is 0 Å². The van der Waals surface area contributed by atoms with E-state index in [9.17, 15) is 9.90 Å². The largest absolute Gasteiger partial charge is 0.424 e. The number of carbonyl (C=O) groups is 1. The molecule has 8 heteroatoms. The number of nitrogens with one attached hydrogen (secondary N) is 1. The number of aromatic nitrogens is 3. The molecule has 1 fully saturated rings. The summed E-state index contributed by atoms with van der Waals surface area (Å²) in [4.78, 5) is 17.0. The monoisotopic (exact) mass is 448 g/mol. The maximum atomic E-state index is 12.3. The summed E-state index contributed by atoms with van der Waals surface area (Å²) < 4.78 is 6.81. The number of amides is 1. The third kappa shape index (κ3) is 4.87. The Morgan fingerprint density at radius 1 is 1.03 bits per heavy atom. The Hall–Kier alpha value is -3.10. The predicted octanol–water partition coefficient (Wildman–Crippen LogP) is 3.90. The zero-order chi connectivity index (χ0) is 21.9. The number of hydrogen-bond acceptors (Lipinski definition) is 7. The van der Waals surface area contributed by atoms with Gasteiger partial charge in [0.1, 0.15) is 11.4 Å². The molecule has 0 unspecified atom stereocenters. The summed E-state index contributed by atoms with van der Waals surface area (Å²) in [5, 5.41) is 21.6. The average Bonchev–Trinajstić information content (AvgIpc) is 3.41. The van der Waals surface area contributed by atoms with Crippen LogP contribution < -0.4 is 5.32 Å². The van der Waals surface area contributed by atoms with Crippen LogP contribution in [0.15, 0.2) is 52.9 Å². The summed E-state index contributed by atoms with van der Waals surface area (Å²) in [6.45, 7) is 0. The molecule has 0 aliphatic heterocycles. The first-order chi connectivity index (χ1) is 15.6. The fourth-order valence-electron chi connectivity index (χ4n) is 4.05. The van der Waals surface area contributed by atoms with E-state index in [1.807, 2.05) is 24.3 Å². The highest BCUT2D eigenvalue weighted by atomic mass is 32.1. The molecule has 1 amide bonds. The molecular weight excluding hydrogens is 424 g/mol. The summed E-state index contributed by atoms with van der Waals surface area (Å²) in [5.74, 6) is 0.631. The highest BCUT2D eigenvalue weighted by Gasteiger charge is 2.22. The molecule has 164 valence electrons. The van der Waals surface area contributed by atoms with Crippen molar-refractivity contribution in [3.63, 3.8) is 0 Å². The second-order valence-corrected chi connectivity index (χ2v) is 9.29. The minimum absolute atomic E-state index is 0.0618. The van der Waals surface area contributed by atoms with E-state index in [1.54, 1.807) is 11.3 Å². The lowest BCUT2D eigenvalue weighted by Crippen LogP contribution is -2.39. The highest BCUT2D eigenvalue weighted by molar-refractivity contribution is 7.18. The van der Waals surface area contributed by atoms with Crippen LogP contribution in [0.3, 0.4) is 0 Å². The van der Waals surface area contributed by atoms with Crippen LogP contribution in [0.2, 0.25) is 0 Å². The molecule has 2 aromatic carbocycles. The molecule has 0 bridgehead atoms. The molecule has 4 aromatic rings. The van der Waals surface area contributed by atoms with E-state index >= 15 is 0 Å². The van der Waals surface area contributed by atoms with Crippen LogP contribution in [0.4, 0.5) is 0 Å². The van der Waals surface area contributed by atoms with Crippen molar-refractivity contribution >= 4 is 27.5 Å². The van der Waals surface area contributed by atoms with E-state index in [0.29, 0.717) is 18.2 Å². The fourth-order valence-corrected chi connectivity index (χ4v) is 5.05. The molecule has 2 aromatic heterocycles. The molecule has 0 spiro atoms. The Labute approximate surface area is 189 Å². The lowest BCUT2D eigenvalue weighted by molar-refractivity contribution is -0.121. The van der Waals surface area contributed by atoms with Gasteiger partial charge in [-0.05, 0) is 48.9 Å². The van der Waals surface area contributed by atoms with Gasteiger partial charge in [0.05, 0.1) is 22.7 Å². The first kappa shape index (κ1) is 20.8. The van der Waals surface area contributed by atoms with Crippen LogP contribution >= 0.6 is 11.3 Å². The number of nitrogens with zero attached hydrogens (tertiary/aromatic N) is 3. The Morgan fingerprint density at radius 3 is 2.62 bits per heavy atom. The zero-order valence-corrected chi connectivity index (χ0v) is 18.3. The van der Waals surface area contributed by atoms with Gasteiger partial charge in [-0.3, -0.25) is 4.79 Å². The van der Waals surface area contributed by atoms with E-state index in [1.165, 1.54) is 5.56 Å². The zero-order valence-electron chi connectivity index (χ0n) is 17.5. The van der Waals surface area contributed by atoms with E-state index < -0.39 is 0 Å². The normalized spacial score (nSPS) is 18.7. The lowest BCUT2D eigenvalue weighted by Gasteiger charge is -2.25. The van der Waals surface area contributed by atoms with Gasteiger partial charge in [-0.15, -0.1) is 21.5 Å². The first-order valence-electron chi connectivity index (χ1n) is 10.9. The van der Waals surface area contributed by atoms with Crippen molar-refractivity contribution in [2.24, 2.45) is 0 Å². The Morgan fingerprint density at radius 2 is 1.81 bits per heavy atom. The maximum Gasteiger partial charge on any atom is 0.229 e. The second kappa shape index (κ2) is 9.18. The van der Waals surface area contributed by atoms with Crippen molar-refractivity contribution < 1.29 is 14.3 Å². The molecule has 0 atom stereocenters. The maximum absolute atomic E-state index is 12.3. The van der Waals surface area contributed by atoms with Crippen LogP contribution in [0.1, 0.15) is 42.5 Å². The van der Waals surface area contributed by atoms with Crippen LogP contribution in [0, 0.1) is 0 Å². The Bertz CT molecular complexity index is 1210. The molecule has 32 heavy (non-hydrogen) atoms. The molecule has 1 aliphatic rings. The Balaban J connectivity index is 1.22. The number of carbonyl (C=O) groups excluding carboxylic acids is 1. The molecular formula is C24H24N4O3S. The van der Waals surface area contributed by atoms with Gasteiger partial charge < -0.3 is 14.8 Å². The van der Waals surface area contributed by atoms with Crippen LogP contribution in [-0.4, -0.2) is 38.3 Å². The van der Waals surface area contributed by atoms with Crippen molar-refractivity contribution in [2.75, 3.05) is 0 Å².